The summed E-state index contributed by atoms with van der Waals surface area (Å²) in [7, 11) is 0. The van der Waals surface area contributed by atoms with Gasteiger partial charge in [-0.3, -0.25) is 0 Å². The fraction of sp³-hybridized carbons (Fsp3) is 1.00. The average Bonchev–Trinajstić information content (AvgIpc) is 1.81. The fourth-order valence-corrected chi connectivity index (χ4v) is 2.84. The van der Waals surface area contributed by atoms with E-state index in [0.29, 0.717) is 0 Å². The maximum absolute atomic E-state index is 5.31. The summed E-state index contributed by atoms with van der Waals surface area (Å²) in [6, 6.07) is 0. The van der Waals surface area contributed by atoms with Crippen molar-refractivity contribution in [2.45, 2.75) is 31.1 Å². The Balaban J connectivity index is 2.53. The van der Waals surface area contributed by atoms with Crippen molar-refractivity contribution in [1.82, 2.24) is 0 Å². The number of hydrogen-bond donors (Lipinski definition) is 0. The Morgan fingerprint density at radius 1 is 1.38 bits per heavy atom. The molecular weight excluding hydrogens is 207 g/mol. The molecule has 0 aromatic heterocycles. The zero-order chi connectivity index (χ0) is 6.24. The molecule has 0 aromatic carbocycles. The zero-order valence-corrected chi connectivity index (χ0v) is 8.59. The maximum atomic E-state index is 5.31. The number of rotatable bonds is 5. The van der Waals surface area contributed by atoms with Gasteiger partial charge in [-0.1, -0.05) is 0 Å². The van der Waals surface area contributed by atoms with Gasteiger partial charge in [-0.25, -0.2) is 0 Å². The fourth-order valence-electron chi connectivity index (χ4n) is 0.423. The average molecular weight is 221 g/mol. The minimum absolute atomic E-state index is 0.335. The van der Waals surface area contributed by atoms with Crippen LogP contribution < -0.4 is 0 Å². The van der Waals surface area contributed by atoms with E-state index >= 15 is 0 Å². The third-order valence-corrected chi connectivity index (χ3v) is 3.88. The molecule has 0 saturated heterocycles. The molecule has 1 nitrogen and oxygen atoms in total. The minimum atomic E-state index is -0.335. The molecule has 0 aliphatic carbocycles. The van der Waals surface area contributed by atoms with Crippen LogP contribution in [0.1, 0.15) is 26.7 Å². The summed E-state index contributed by atoms with van der Waals surface area (Å²) in [4.78, 5) is 0. The summed E-state index contributed by atoms with van der Waals surface area (Å²) in [6.45, 7) is 5.24. The van der Waals surface area contributed by atoms with Crippen LogP contribution in [0.3, 0.4) is 0 Å². The summed E-state index contributed by atoms with van der Waals surface area (Å²) in [5, 5.41) is 0. The van der Waals surface area contributed by atoms with E-state index in [1.54, 1.807) is 0 Å². The van der Waals surface area contributed by atoms with E-state index in [1.807, 2.05) is 0 Å². The first-order valence-corrected chi connectivity index (χ1v) is 6.44. The van der Waals surface area contributed by atoms with Crippen molar-refractivity contribution in [1.29, 1.82) is 0 Å². The van der Waals surface area contributed by atoms with Crippen LogP contribution in [-0.2, 0) is 3.07 Å². The molecule has 0 spiro atoms. The summed E-state index contributed by atoms with van der Waals surface area (Å²) in [5.41, 5.74) is 0. The molecule has 0 aromatic rings. The van der Waals surface area contributed by atoms with Crippen molar-refractivity contribution in [3.8, 4) is 0 Å². The molecule has 0 amide bonds. The van der Waals surface area contributed by atoms with Gasteiger partial charge >= 0.3 is 62.4 Å². The van der Waals surface area contributed by atoms with Crippen LogP contribution in [0.15, 0.2) is 0 Å². The van der Waals surface area contributed by atoms with Gasteiger partial charge in [0.15, 0.2) is 0 Å². The van der Waals surface area contributed by atoms with E-state index in [9.17, 15) is 0 Å². The first kappa shape index (κ1) is 8.76. The Morgan fingerprint density at radius 2 is 2.12 bits per heavy atom. The van der Waals surface area contributed by atoms with Crippen molar-refractivity contribution in [2.24, 2.45) is 0 Å². The van der Waals surface area contributed by atoms with Gasteiger partial charge in [0.2, 0.25) is 0 Å². The van der Waals surface area contributed by atoms with Crippen LogP contribution in [0.4, 0.5) is 0 Å². The van der Waals surface area contributed by atoms with E-state index in [4.69, 9.17) is 3.07 Å². The molecule has 0 rings (SSSR count). The van der Waals surface area contributed by atoms with Crippen LogP contribution in [-0.4, -0.2) is 28.2 Å². The predicted molar refractivity (Wildman–Crippen MR) is 37.1 cm³/mol. The van der Waals surface area contributed by atoms with E-state index in [2.05, 4.69) is 13.8 Å². The van der Waals surface area contributed by atoms with Crippen LogP contribution in [0.5, 0.6) is 0 Å². The molecule has 0 atom stereocenters. The van der Waals surface area contributed by atoms with Crippen LogP contribution in [0, 0.1) is 0 Å². The van der Waals surface area contributed by atoms with Crippen molar-refractivity contribution < 1.29 is 3.07 Å². The second kappa shape index (κ2) is 7.76. The molecule has 0 unspecified atom stereocenters. The normalized spacial score (nSPS) is 9.75. The first-order chi connectivity index (χ1) is 3.91. The molecule has 48 valence electrons. The van der Waals surface area contributed by atoms with E-state index in [0.717, 1.165) is 6.61 Å². The molecule has 0 bridgehead atoms. The predicted octanol–water partition coefficient (Wildman–Crippen LogP) is 1.86. The Morgan fingerprint density at radius 3 is 2.62 bits per heavy atom. The van der Waals surface area contributed by atoms with Crippen LogP contribution in [0.2, 0.25) is 4.44 Å². The second-order valence-electron chi connectivity index (χ2n) is 1.68. The Kier molecular flexibility index (Phi) is 8.49. The summed E-state index contributed by atoms with van der Waals surface area (Å²) < 4.78 is 6.70. The van der Waals surface area contributed by atoms with Gasteiger partial charge < -0.3 is 0 Å². The SMILES string of the molecule is CCC[CH2][Sn][O]CC. The van der Waals surface area contributed by atoms with E-state index in [1.165, 1.54) is 17.3 Å². The van der Waals surface area contributed by atoms with Gasteiger partial charge in [0.25, 0.3) is 0 Å². The molecule has 2 radical (unpaired) electrons. The summed E-state index contributed by atoms with van der Waals surface area (Å²) in [5.74, 6) is 0. The van der Waals surface area contributed by atoms with Gasteiger partial charge in [-0.15, -0.1) is 0 Å². The van der Waals surface area contributed by atoms with Gasteiger partial charge in [0, 0.05) is 0 Å². The van der Waals surface area contributed by atoms with E-state index < -0.39 is 0 Å². The molecule has 0 saturated carbocycles. The summed E-state index contributed by atoms with van der Waals surface area (Å²) in [6.07, 6.45) is 2.71. The van der Waals surface area contributed by atoms with Crippen molar-refractivity contribution in [2.75, 3.05) is 6.61 Å². The van der Waals surface area contributed by atoms with E-state index in [-0.39, 0.29) is 21.6 Å². The van der Waals surface area contributed by atoms with Gasteiger partial charge in [-0.2, -0.15) is 0 Å². The Hall–Kier alpha value is 0.759. The monoisotopic (exact) mass is 222 g/mol. The van der Waals surface area contributed by atoms with Crippen molar-refractivity contribution >= 4 is 21.6 Å². The molecule has 0 fully saturated rings. The van der Waals surface area contributed by atoms with Crippen molar-refractivity contribution in [3.63, 3.8) is 0 Å². The van der Waals surface area contributed by atoms with Crippen LogP contribution in [0.25, 0.3) is 0 Å². The zero-order valence-electron chi connectivity index (χ0n) is 5.74. The molecular formula is C6H14OSn. The number of unbranched alkanes of at least 4 members (excludes halogenated alkanes) is 1. The topological polar surface area (TPSA) is 9.23 Å². The molecule has 2 heteroatoms. The van der Waals surface area contributed by atoms with Gasteiger partial charge in [0.05, 0.1) is 0 Å². The Bertz CT molecular complexity index is 33.5. The molecule has 0 aliphatic heterocycles. The quantitative estimate of drug-likeness (QED) is 0.508. The van der Waals surface area contributed by atoms with Gasteiger partial charge in [0.1, 0.15) is 0 Å². The van der Waals surface area contributed by atoms with Crippen LogP contribution >= 0.6 is 0 Å². The summed E-state index contributed by atoms with van der Waals surface area (Å²) >= 11 is -0.335. The van der Waals surface area contributed by atoms with Crippen molar-refractivity contribution in [3.05, 3.63) is 0 Å². The third kappa shape index (κ3) is 6.76. The number of hydrogen-bond acceptors (Lipinski definition) is 1. The first-order valence-electron chi connectivity index (χ1n) is 3.26. The molecule has 0 heterocycles. The Labute approximate surface area is 62.6 Å². The molecule has 0 aliphatic rings. The second-order valence-corrected chi connectivity index (χ2v) is 4.76. The standard InChI is InChI=1S/C4H9.C2H5O.Sn/c1-3-4-2;1-2-3;/h1,3-4H2,2H3;2H2,1H3;/q;-1;+1. The molecule has 0 N–H and O–H groups in total. The molecule has 8 heavy (non-hydrogen) atoms. The van der Waals surface area contributed by atoms with Gasteiger partial charge in [-0.05, 0) is 0 Å². The third-order valence-electron chi connectivity index (χ3n) is 0.879.